The fraction of sp³-hybridized carbons (Fsp3) is 0.474. The summed E-state index contributed by atoms with van der Waals surface area (Å²) in [6, 6.07) is 10.5. The van der Waals surface area contributed by atoms with E-state index in [4.69, 9.17) is 0 Å². The monoisotopic (exact) mass is 324 g/mol. The predicted octanol–water partition coefficient (Wildman–Crippen LogP) is 1.92. The van der Waals surface area contributed by atoms with Gasteiger partial charge in [-0.15, -0.1) is 0 Å². The molecule has 0 unspecified atom stereocenters. The topological polar surface area (TPSA) is 50.2 Å². The van der Waals surface area contributed by atoms with E-state index in [0.717, 1.165) is 39.0 Å². The Labute approximate surface area is 142 Å². The fourth-order valence-corrected chi connectivity index (χ4v) is 4.34. The molecule has 2 aliphatic heterocycles. The largest absolute Gasteiger partial charge is 0.355 e. The molecule has 1 spiro atoms. The molecule has 1 aromatic heterocycles. The molecule has 2 aliphatic rings. The highest BCUT2D eigenvalue weighted by atomic mass is 16.2. The number of hydrogen-bond acceptors (Lipinski definition) is 3. The highest BCUT2D eigenvalue weighted by molar-refractivity contribution is 5.86. The van der Waals surface area contributed by atoms with Gasteiger partial charge in [0.2, 0.25) is 5.91 Å². The molecule has 2 fully saturated rings. The van der Waals surface area contributed by atoms with Crippen molar-refractivity contribution in [3.05, 3.63) is 53.9 Å². The summed E-state index contributed by atoms with van der Waals surface area (Å²) in [4.78, 5) is 15.1. The van der Waals surface area contributed by atoms with E-state index in [1.54, 1.807) is 0 Å². The third kappa shape index (κ3) is 2.63. The van der Waals surface area contributed by atoms with Gasteiger partial charge in [0.05, 0.1) is 11.6 Å². The van der Waals surface area contributed by atoms with E-state index >= 15 is 0 Å². The van der Waals surface area contributed by atoms with Gasteiger partial charge >= 0.3 is 0 Å². The van der Waals surface area contributed by atoms with E-state index < -0.39 is 0 Å². The first-order valence-electron chi connectivity index (χ1n) is 8.70. The van der Waals surface area contributed by atoms with Gasteiger partial charge in [-0.25, -0.2) is 0 Å². The highest BCUT2D eigenvalue weighted by Crippen LogP contribution is 2.47. The first kappa shape index (κ1) is 15.4. The fourth-order valence-electron chi connectivity index (χ4n) is 4.34. The molecule has 2 saturated heterocycles. The van der Waals surface area contributed by atoms with Gasteiger partial charge in [0.25, 0.3) is 0 Å². The Morgan fingerprint density at radius 3 is 2.67 bits per heavy atom. The maximum absolute atomic E-state index is 12.7. The van der Waals surface area contributed by atoms with Gasteiger partial charge in [-0.1, -0.05) is 30.3 Å². The van der Waals surface area contributed by atoms with Crippen molar-refractivity contribution in [2.24, 2.45) is 12.5 Å². The summed E-state index contributed by atoms with van der Waals surface area (Å²) in [7, 11) is 1.95. The Balaban J connectivity index is 1.48. The molecule has 3 heterocycles. The van der Waals surface area contributed by atoms with Crippen LogP contribution in [-0.2, 0) is 18.4 Å². The first-order valence-corrected chi connectivity index (χ1v) is 8.70. The zero-order valence-electron chi connectivity index (χ0n) is 14.1. The van der Waals surface area contributed by atoms with Gasteiger partial charge in [-0.3, -0.25) is 14.4 Å². The molecular formula is C19H24N4O. The number of amides is 1. The third-order valence-corrected chi connectivity index (χ3v) is 5.70. The number of hydrogen-bond donors (Lipinski definition) is 1. The van der Waals surface area contributed by atoms with Crippen molar-refractivity contribution in [2.45, 2.75) is 25.3 Å². The van der Waals surface area contributed by atoms with Crippen LogP contribution in [0.5, 0.6) is 0 Å². The Hall–Kier alpha value is -2.14. The van der Waals surface area contributed by atoms with Crippen molar-refractivity contribution in [1.29, 1.82) is 0 Å². The van der Waals surface area contributed by atoms with Crippen LogP contribution in [0.3, 0.4) is 0 Å². The van der Waals surface area contributed by atoms with E-state index in [1.807, 2.05) is 24.0 Å². The lowest BCUT2D eigenvalue weighted by molar-refractivity contribution is -0.130. The Morgan fingerprint density at radius 1 is 1.25 bits per heavy atom. The summed E-state index contributed by atoms with van der Waals surface area (Å²) in [5, 5.41) is 7.37. The normalized spacial score (nSPS) is 23.5. The maximum atomic E-state index is 12.7. The molecule has 0 radical (unpaired) electrons. The predicted molar refractivity (Wildman–Crippen MR) is 92.3 cm³/mol. The molecule has 1 atom stereocenters. The van der Waals surface area contributed by atoms with Crippen LogP contribution in [-0.4, -0.2) is 40.2 Å². The number of aryl methyl sites for hydroxylation is 1. The lowest BCUT2D eigenvalue weighted by Crippen LogP contribution is -2.45. The number of carbonyl (C=O) groups is 1. The summed E-state index contributed by atoms with van der Waals surface area (Å²) in [6.07, 6.45) is 5.86. The number of benzene rings is 1. The van der Waals surface area contributed by atoms with Gasteiger partial charge in [0.15, 0.2) is 0 Å². The van der Waals surface area contributed by atoms with Gasteiger partial charge in [-0.05, 0) is 31.5 Å². The van der Waals surface area contributed by atoms with Crippen LogP contribution < -0.4 is 5.32 Å². The molecule has 126 valence electrons. The standard InChI is InChI=1S/C19H24N4O/c1-22-13-15(11-21-22)14-23-9-7-19(8-10-23)17(12-20-18(19)24)16-5-3-2-4-6-16/h2-6,11,13,17H,7-10,12,14H2,1H3,(H,20,24)/t17-/m1/s1. The van der Waals surface area contributed by atoms with Gasteiger partial charge in [-0.2, -0.15) is 5.10 Å². The van der Waals surface area contributed by atoms with Gasteiger partial charge in [0, 0.05) is 37.8 Å². The number of nitrogens with zero attached hydrogens (tertiary/aromatic N) is 3. The molecule has 0 aliphatic carbocycles. The molecule has 1 N–H and O–H groups in total. The summed E-state index contributed by atoms with van der Waals surface area (Å²) in [6.45, 7) is 3.62. The van der Waals surface area contributed by atoms with E-state index in [2.05, 4.69) is 45.8 Å². The molecule has 5 nitrogen and oxygen atoms in total. The lowest BCUT2D eigenvalue weighted by atomic mass is 9.68. The lowest BCUT2D eigenvalue weighted by Gasteiger charge is -2.41. The maximum Gasteiger partial charge on any atom is 0.227 e. The van der Waals surface area contributed by atoms with E-state index in [1.165, 1.54) is 11.1 Å². The van der Waals surface area contributed by atoms with Crippen LogP contribution in [0.4, 0.5) is 0 Å². The van der Waals surface area contributed by atoms with Crippen LogP contribution in [0.1, 0.15) is 29.9 Å². The van der Waals surface area contributed by atoms with Crippen molar-refractivity contribution in [3.8, 4) is 0 Å². The minimum Gasteiger partial charge on any atom is -0.355 e. The quantitative estimate of drug-likeness (QED) is 0.938. The molecular weight excluding hydrogens is 300 g/mol. The highest BCUT2D eigenvalue weighted by Gasteiger charge is 2.51. The molecule has 4 rings (SSSR count). The van der Waals surface area contributed by atoms with Gasteiger partial charge < -0.3 is 5.32 Å². The number of aromatic nitrogens is 2. The SMILES string of the molecule is Cn1cc(CN2CCC3(CC2)C(=O)NC[C@@H]3c2ccccc2)cn1. The van der Waals surface area contributed by atoms with Crippen LogP contribution in [0.15, 0.2) is 42.7 Å². The first-order chi connectivity index (χ1) is 11.7. The van der Waals surface area contributed by atoms with Crippen LogP contribution in [0, 0.1) is 5.41 Å². The van der Waals surface area contributed by atoms with E-state index in [9.17, 15) is 4.79 Å². The van der Waals surface area contributed by atoms with Crippen LogP contribution >= 0.6 is 0 Å². The second kappa shape index (κ2) is 6.06. The molecule has 24 heavy (non-hydrogen) atoms. The zero-order chi connectivity index (χ0) is 16.6. The Kier molecular flexibility index (Phi) is 3.88. The third-order valence-electron chi connectivity index (χ3n) is 5.70. The molecule has 1 aromatic carbocycles. The van der Waals surface area contributed by atoms with Crippen LogP contribution in [0.2, 0.25) is 0 Å². The number of carbonyl (C=O) groups excluding carboxylic acids is 1. The van der Waals surface area contributed by atoms with Crippen molar-refractivity contribution >= 4 is 5.91 Å². The van der Waals surface area contributed by atoms with Crippen molar-refractivity contribution < 1.29 is 4.79 Å². The average molecular weight is 324 g/mol. The van der Waals surface area contributed by atoms with Crippen molar-refractivity contribution in [2.75, 3.05) is 19.6 Å². The average Bonchev–Trinajstić information content (AvgIpc) is 3.15. The number of likely N-dealkylation sites (tertiary alicyclic amines) is 1. The number of rotatable bonds is 3. The number of nitrogens with one attached hydrogen (secondary N) is 1. The van der Waals surface area contributed by atoms with Crippen LogP contribution in [0.25, 0.3) is 0 Å². The summed E-state index contributed by atoms with van der Waals surface area (Å²) in [5.74, 6) is 0.545. The minimum absolute atomic E-state index is 0.229. The molecule has 5 heteroatoms. The summed E-state index contributed by atoms with van der Waals surface area (Å²) < 4.78 is 1.84. The summed E-state index contributed by atoms with van der Waals surface area (Å²) >= 11 is 0. The Morgan fingerprint density at radius 2 is 2.00 bits per heavy atom. The number of piperidine rings is 1. The van der Waals surface area contributed by atoms with Crippen molar-refractivity contribution in [3.63, 3.8) is 0 Å². The Bertz CT molecular complexity index is 716. The van der Waals surface area contributed by atoms with E-state index in [-0.39, 0.29) is 11.3 Å². The molecule has 0 saturated carbocycles. The molecule has 2 aromatic rings. The van der Waals surface area contributed by atoms with Gasteiger partial charge in [0.1, 0.15) is 0 Å². The van der Waals surface area contributed by atoms with E-state index in [0.29, 0.717) is 5.92 Å². The smallest absolute Gasteiger partial charge is 0.227 e. The second-order valence-corrected chi connectivity index (χ2v) is 7.13. The molecule has 1 amide bonds. The zero-order valence-corrected chi connectivity index (χ0v) is 14.1. The van der Waals surface area contributed by atoms with Crippen molar-refractivity contribution in [1.82, 2.24) is 20.0 Å². The minimum atomic E-state index is -0.229. The second-order valence-electron chi connectivity index (χ2n) is 7.13. The molecule has 0 bridgehead atoms. The summed E-state index contributed by atoms with van der Waals surface area (Å²) in [5.41, 5.74) is 2.30.